The number of carbonyl (C=O) groups is 4. The average Bonchev–Trinajstić information content (AvgIpc) is 3.03. The number of allylic oxidation sites excluding steroid dienone is 2. The second kappa shape index (κ2) is 8.65. The van der Waals surface area contributed by atoms with Crippen LogP contribution < -0.4 is 0 Å². The molecule has 1 aliphatic carbocycles. The molecule has 2 aliphatic rings. The lowest BCUT2D eigenvalue weighted by Gasteiger charge is -2.30. The second-order valence-electron chi connectivity index (χ2n) is 7.44. The Hall–Kier alpha value is -2.96. The van der Waals surface area contributed by atoms with Gasteiger partial charge in [0.25, 0.3) is 17.7 Å². The summed E-state index contributed by atoms with van der Waals surface area (Å²) in [7, 11) is 0. The minimum Gasteiger partial charge on any atom is -0.292 e. The molecule has 0 bridgehead atoms. The van der Waals surface area contributed by atoms with Gasteiger partial charge in [-0.05, 0) is 61.4 Å². The molecule has 2 aromatic carbocycles. The monoisotopic (exact) mass is 456 g/mol. The van der Waals surface area contributed by atoms with Crippen molar-refractivity contribution in [3.05, 3.63) is 81.9 Å². The van der Waals surface area contributed by atoms with Gasteiger partial charge in [0.05, 0.1) is 11.8 Å². The fourth-order valence-corrected chi connectivity index (χ4v) is 4.11. The van der Waals surface area contributed by atoms with Gasteiger partial charge in [-0.25, -0.2) is 5.01 Å². The van der Waals surface area contributed by atoms with E-state index in [4.69, 9.17) is 23.2 Å². The number of benzene rings is 2. The van der Waals surface area contributed by atoms with Gasteiger partial charge in [-0.3, -0.25) is 19.2 Å². The minimum atomic E-state index is -0.632. The van der Waals surface area contributed by atoms with Gasteiger partial charge in [0.2, 0.25) is 0 Å². The SMILES string of the molecule is O=C(CN(C(=O)c1ccc(Cl)cc1)N1C(=O)[C@@H]2CC=CC[C@H]2C1=O)c1ccc(Cl)cc1. The van der Waals surface area contributed by atoms with E-state index in [0.717, 1.165) is 10.0 Å². The molecule has 1 aliphatic heterocycles. The third-order valence-corrected chi connectivity index (χ3v) is 6.01. The van der Waals surface area contributed by atoms with Crippen molar-refractivity contribution in [1.82, 2.24) is 10.0 Å². The summed E-state index contributed by atoms with van der Waals surface area (Å²) in [4.78, 5) is 52.4. The number of carbonyl (C=O) groups excluding carboxylic acids is 4. The highest BCUT2D eigenvalue weighted by atomic mass is 35.5. The molecule has 0 unspecified atom stereocenters. The van der Waals surface area contributed by atoms with E-state index in [9.17, 15) is 19.2 Å². The lowest BCUT2D eigenvalue weighted by molar-refractivity contribution is -0.154. The van der Waals surface area contributed by atoms with E-state index >= 15 is 0 Å². The van der Waals surface area contributed by atoms with E-state index in [1.54, 1.807) is 12.1 Å². The predicted molar refractivity (Wildman–Crippen MR) is 115 cm³/mol. The molecular formula is C23H18Cl2N2O4. The van der Waals surface area contributed by atoms with Crippen LogP contribution in [-0.4, -0.2) is 40.1 Å². The summed E-state index contributed by atoms with van der Waals surface area (Å²) >= 11 is 11.8. The van der Waals surface area contributed by atoms with E-state index in [1.165, 1.54) is 36.4 Å². The summed E-state index contributed by atoms with van der Waals surface area (Å²) in [6.07, 6.45) is 4.58. The smallest absolute Gasteiger partial charge is 0.273 e. The highest BCUT2D eigenvalue weighted by Gasteiger charge is 2.51. The van der Waals surface area contributed by atoms with Crippen LogP contribution >= 0.6 is 23.2 Å². The number of hydrogen-bond acceptors (Lipinski definition) is 4. The summed E-state index contributed by atoms with van der Waals surface area (Å²) in [5.74, 6) is -3.04. The zero-order chi connectivity index (χ0) is 22.1. The summed E-state index contributed by atoms with van der Waals surface area (Å²) in [6, 6.07) is 12.2. The second-order valence-corrected chi connectivity index (χ2v) is 8.32. The van der Waals surface area contributed by atoms with E-state index in [1.807, 2.05) is 12.2 Å². The molecule has 1 fully saturated rings. The van der Waals surface area contributed by atoms with Crippen LogP contribution in [-0.2, 0) is 9.59 Å². The van der Waals surface area contributed by atoms with Crippen molar-refractivity contribution in [2.24, 2.45) is 11.8 Å². The summed E-state index contributed by atoms with van der Waals surface area (Å²) in [5, 5.41) is 2.70. The van der Waals surface area contributed by atoms with Crippen LogP contribution in [0.5, 0.6) is 0 Å². The maximum atomic E-state index is 13.3. The Morgan fingerprint density at radius 1 is 0.806 bits per heavy atom. The number of hydrogen-bond donors (Lipinski definition) is 0. The van der Waals surface area contributed by atoms with Crippen molar-refractivity contribution >= 4 is 46.7 Å². The Morgan fingerprint density at radius 2 is 1.26 bits per heavy atom. The number of halogens is 2. The molecule has 3 amide bonds. The third-order valence-electron chi connectivity index (χ3n) is 5.51. The number of ketones is 1. The number of amides is 3. The molecule has 6 nitrogen and oxygen atoms in total. The van der Waals surface area contributed by atoms with Crippen molar-refractivity contribution in [3.63, 3.8) is 0 Å². The number of hydrazine groups is 1. The summed E-state index contributed by atoms with van der Waals surface area (Å²) in [5.41, 5.74) is 0.526. The summed E-state index contributed by atoms with van der Waals surface area (Å²) < 4.78 is 0. The van der Waals surface area contributed by atoms with Crippen molar-refractivity contribution in [3.8, 4) is 0 Å². The number of Topliss-reactive ketones (excluding diaryl/α,β-unsaturated/α-hetero) is 1. The van der Waals surface area contributed by atoms with Crippen LogP contribution in [0.2, 0.25) is 10.0 Å². The lowest BCUT2D eigenvalue weighted by atomic mass is 9.85. The van der Waals surface area contributed by atoms with E-state index in [-0.39, 0.29) is 5.56 Å². The maximum absolute atomic E-state index is 13.3. The standard InChI is InChI=1S/C23H18Cl2N2O4/c24-16-9-5-14(6-10-16)20(28)13-26(21(29)15-7-11-17(25)12-8-15)27-22(30)18-3-1-2-4-19(18)23(27)31/h1-2,5-12,18-19H,3-4,13H2/t18-,19-/m1/s1. The van der Waals surface area contributed by atoms with Crippen LogP contribution in [0.25, 0.3) is 0 Å². The first-order valence-corrected chi connectivity index (χ1v) is 10.5. The number of nitrogens with zero attached hydrogens (tertiary/aromatic N) is 2. The van der Waals surface area contributed by atoms with Crippen molar-refractivity contribution in [2.75, 3.05) is 6.54 Å². The van der Waals surface area contributed by atoms with Gasteiger partial charge in [-0.2, -0.15) is 5.01 Å². The lowest BCUT2D eigenvalue weighted by Crippen LogP contribution is -2.52. The van der Waals surface area contributed by atoms with Gasteiger partial charge in [0.1, 0.15) is 6.54 Å². The molecule has 2 atom stereocenters. The molecule has 1 heterocycles. The van der Waals surface area contributed by atoms with E-state index in [0.29, 0.717) is 28.5 Å². The predicted octanol–water partition coefficient (Wildman–Crippen LogP) is 4.18. The average molecular weight is 457 g/mol. The van der Waals surface area contributed by atoms with Crippen LogP contribution in [0.3, 0.4) is 0 Å². The van der Waals surface area contributed by atoms with Crippen molar-refractivity contribution in [1.29, 1.82) is 0 Å². The van der Waals surface area contributed by atoms with Gasteiger partial charge in [0.15, 0.2) is 5.78 Å². The normalized spacial score (nSPS) is 20.0. The quantitative estimate of drug-likeness (QED) is 0.384. The first-order valence-electron chi connectivity index (χ1n) is 9.75. The third kappa shape index (κ3) is 4.13. The van der Waals surface area contributed by atoms with E-state index < -0.39 is 41.9 Å². The van der Waals surface area contributed by atoms with Crippen LogP contribution in [0.15, 0.2) is 60.7 Å². The topological polar surface area (TPSA) is 74.8 Å². The van der Waals surface area contributed by atoms with Crippen LogP contribution in [0, 0.1) is 11.8 Å². The number of fused-ring (bicyclic) bond motifs is 1. The molecular weight excluding hydrogens is 439 g/mol. The van der Waals surface area contributed by atoms with Gasteiger partial charge in [0, 0.05) is 21.2 Å². The van der Waals surface area contributed by atoms with Crippen LogP contribution in [0.1, 0.15) is 33.6 Å². The van der Waals surface area contributed by atoms with Gasteiger partial charge in [-0.15, -0.1) is 0 Å². The largest absolute Gasteiger partial charge is 0.292 e. The number of rotatable bonds is 5. The molecule has 2 aromatic rings. The van der Waals surface area contributed by atoms with Gasteiger partial charge >= 0.3 is 0 Å². The van der Waals surface area contributed by atoms with Gasteiger partial charge in [-0.1, -0.05) is 35.4 Å². The Kier molecular flexibility index (Phi) is 5.94. The maximum Gasteiger partial charge on any atom is 0.273 e. The highest BCUT2D eigenvalue weighted by molar-refractivity contribution is 6.31. The molecule has 31 heavy (non-hydrogen) atoms. The highest BCUT2D eigenvalue weighted by Crippen LogP contribution is 2.36. The molecule has 4 rings (SSSR count). The van der Waals surface area contributed by atoms with Gasteiger partial charge < -0.3 is 0 Å². The molecule has 0 N–H and O–H groups in total. The molecule has 158 valence electrons. The Labute approximate surface area is 189 Å². The number of imide groups is 1. The molecule has 1 saturated heterocycles. The van der Waals surface area contributed by atoms with E-state index in [2.05, 4.69) is 0 Å². The van der Waals surface area contributed by atoms with Crippen LogP contribution in [0.4, 0.5) is 0 Å². The zero-order valence-corrected chi connectivity index (χ0v) is 17.8. The molecule has 0 aromatic heterocycles. The molecule has 0 spiro atoms. The molecule has 8 heteroatoms. The molecule has 0 saturated carbocycles. The zero-order valence-electron chi connectivity index (χ0n) is 16.3. The molecule has 0 radical (unpaired) electrons. The Bertz CT molecular complexity index is 1050. The van der Waals surface area contributed by atoms with Crippen molar-refractivity contribution < 1.29 is 19.2 Å². The minimum absolute atomic E-state index is 0.210. The van der Waals surface area contributed by atoms with Crippen molar-refractivity contribution in [2.45, 2.75) is 12.8 Å². The Balaban J connectivity index is 1.68. The fourth-order valence-electron chi connectivity index (χ4n) is 3.86. The first-order chi connectivity index (χ1) is 14.9. The Morgan fingerprint density at radius 3 is 1.74 bits per heavy atom. The fraction of sp³-hybridized carbons (Fsp3) is 0.217. The first kappa shape index (κ1) is 21.3. The summed E-state index contributed by atoms with van der Waals surface area (Å²) in [6.45, 7) is -0.465.